The quantitative estimate of drug-likeness (QED) is 0.659. The van der Waals surface area contributed by atoms with Crippen molar-refractivity contribution in [3.05, 3.63) is 48.5 Å². The molecule has 4 rings (SSSR count). The number of rotatable bonds is 5. The van der Waals surface area contributed by atoms with Crippen LogP contribution in [0.2, 0.25) is 0 Å². The molecule has 2 aliphatic heterocycles. The van der Waals surface area contributed by atoms with Crippen LogP contribution in [0, 0.1) is 0 Å². The lowest BCUT2D eigenvalue weighted by Gasteiger charge is -2.37. The second-order valence-electron chi connectivity index (χ2n) is 7.64. The molecule has 32 heavy (non-hydrogen) atoms. The van der Waals surface area contributed by atoms with Gasteiger partial charge in [0.15, 0.2) is 5.11 Å². The van der Waals surface area contributed by atoms with Crippen LogP contribution in [0.1, 0.15) is 0 Å². The predicted octanol–water partition coefficient (Wildman–Crippen LogP) is 2.24. The minimum absolute atomic E-state index is 0.281. The molecule has 172 valence electrons. The molecule has 0 radical (unpaired) electrons. The van der Waals surface area contributed by atoms with Crippen molar-refractivity contribution in [1.29, 1.82) is 0 Å². The fourth-order valence-electron chi connectivity index (χ4n) is 3.81. The third-order valence-electron chi connectivity index (χ3n) is 5.72. The normalized spacial score (nSPS) is 17.8. The molecule has 0 atom stereocenters. The maximum atomic E-state index is 12.8. The van der Waals surface area contributed by atoms with Crippen LogP contribution in [0.5, 0.6) is 5.75 Å². The number of hydrogen-bond acceptors (Lipinski definition) is 6. The van der Waals surface area contributed by atoms with Crippen molar-refractivity contribution in [3.8, 4) is 5.75 Å². The molecule has 0 aliphatic carbocycles. The molecule has 8 nitrogen and oxygen atoms in total. The Morgan fingerprint density at radius 1 is 0.938 bits per heavy atom. The Morgan fingerprint density at radius 3 is 2.16 bits per heavy atom. The molecule has 2 aromatic rings. The van der Waals surface area contributed by atoms with Gasteiger partial charge in [0.2, 0.25) is 10.0 Å². The number of methoxy groups -OCH3 is 1. The topological polar surface area (TPSA) is 74.4 Å². The number of piperazine rings is 1. The van der Waals surface area contributed by atoms with E-state index in [0.717, 1.165) is 37.6 Å². The van der Waals surface area contributed by atoms with Crippen LogP contribution in [0.25, 0.3) is 0 Å². The largest absolute Gasteiger partial charge is 0.497 e. The molecule has 0 spiro atoms. The number of morpholine rings is 1. The lowest BCUT2D eigenvalue weighted by molar-refractivity contribution is 0.0730. The Labute approximate surface area is 194 Å². The van der Waals surface area contributed by atoms with Gasteiger partial charge in [-0.2, -0.15) is 4.31 Å². The van der Waals surface area contributed by atoms with E-state index in [1.165, 1.54) is 9.99 Å². The lowest BCUT2D eigenvalue weighted by atomic mass is 10.2. The molecule has 2 heterocycles. The highest BCUT2D eigenvalue weighted by atomic mass is 32.2. The summed E-state index contributed by atoms with van der Waals surface area (Å²) in [6.45, 7) is 4.97. The van der Waals surface area contributed by atoms with Crippen LogP contribution >= 0.6 is 12.2 Å². The lowest BCUT2D eigenvalue weighted by Crippen LogP contribution is -2.50. The van der Waals surface area contributed by atoms with Gasteiger partial charge in [-0.1, -0.05) is 0 Å². The molecule has 2 fully saturated rings. The van der Waals surface area contributed by atoms with Crippen LogP contribution in [0.4, 0.5) is 11.4 Å². The second-order valence-corrected chi connectivity index (χ2v) is 9.97. The third kappa shape index (κ3) is 5.15. The number of anilines is 2. The summed E-state index contributed by atoms with van der Waals surface area (Å²) < 4.78 is 37.5. The summed E-state index contributed by atoms with van der Waals surface area (Å²) in [6, 6.07) is 14.8. The molecule has 2 aliphatic rings. The van der Waals surface area contributed by atoms with Crippen molar-refractivity contribution in [2.24, 2.45) is 0 Å². The van der Waals surface area contributed by atoms with Crippen molar-refractivity contribution in [3.63, 3.8) is 0 Å². The fraction of sp³-hybridized carbons (Fsp3) is 0.409. The Hall–Kier alpha value is -2.40. The minimum atomic E-state index is -3.50. The maximum Gasteiger partial charge on any atom is 0.243 e. The highest BCUT2D eigenvalue weighted by molar-refractivity contribution is 7.89. The van der Waals surface area contributed by atoms with Gasteiger partial charge in [-0.05, 0) is 60.7 Å². The number of nitrogens with zero attached hydrogens (tertiary/aromatic N) is 3. The zero-order chi connectivity index (χ0) is 22.6. The van der Waals surface area contributed by atoms with E-state index in [-0.39, 0.29) is 4.90 Å². The van der Waals surface area contributed by atoms with Gasteiger partial charge >= 0.3 is 0 Å². The minimum Gasteiger partial charge on any atom is -0.497 e. The second kappa shape index (κ2) is 10.0. The number of thiocarbonyl (C=S) groups is 1. The van der Waals surface area contributed by atoms with Gasteiger partial charge in [-0.25, -0.2) is 8.42 Å². The Bertz CT molecular complexity index is 1010. The zero-order valence-corrected chi connectivity index (χ0v) is 19.7. The molecule has 2 saturated heterocycles. The van der Waals surface area contributed by atoms with Crippen LogP contribution in [-0.4, -0.2) is 82.3 Å². The van der Waals surface area contributed by atoms with Gasteiger partial charge in [0, 0.05) is 50.6 Å². The summed E-state index contributed by atoms with van der Waals surface area (Å²) in [7, 11) is -1.83. The molecule has 0 aromatic heterocycles. The molecule has 0 saturated carbocycles. The van der Waals surface area contributed by atoms with E-state index in [1.54, 1.807) is 31.4 Å². The van der Waals surface area contributed by atoms with E-state index in [1.807, 2.05) is 12.1 Å². The Morgan fingerprint density at radius 2 is 1.56 bits per heavy atom. The number of benzene rings is 2. The summed E-state index contributed by atoms with van der Waals surface area (Å²) in [4.78, 5) is 4.74. The van der Waals surface area contributed by atoms with E-state index in [4.69, 9.17) is 21.7 Å². The standard InChI is InChI=1S/C22H28N4O4S2/c1-29-20-6-4-19(5-7-20)24-10-12-25(13-11-24)22(31)23-18-2-8-21(9-3-18)32(27,28)26-14-16-30-17-15-26/h2-9H,10-17H2,1H3,(H,23,31). The van der Waals surface area contributed by atoms with Crippen LogP contribution < -0.4 is 15.0 Å². The van der Waals surface area contributed by atoms with Crippen LogP contribution in [0.3, 0.4) is 0 Å². The highest BCUT2D eigenvalue weighted by Gasteiger charge is 2.26. The number of sulfonamides is 1. The van der Waals surface area contributed by atoms with E-state index < -0.39 is 10.0 Å². The molecule has 1 N–H and O–H groups in total. The van der Waals surface area contributed by atoms with Gasteiger partial charge in [0.05, 0.1) is 25.2 Å². The summed E-state index contributed by atoms with van der Waals surface area (Å²) in [6.07, 6.45) is 0. The molecule has 2 aromatic carbocycles. The van der Waals surface area contributed by atoms with Gasteiger partial charge in [-0.3, -0.25) is 0 Å². The van der Waals surface area contributed by atoms with E-state index >= 15 is 0 Å². The molecule has 0 amide bonds. The fourth-order valence-corrected chi connectivity index (χ4v) is 5.52. The summed E-state index contributed by atoms with van der Waals surface area (Å²) >= 11 is 5.59. The Kier molecular flexibility index (Phi) is 7.14. The molecule has 0 unspecified atom stereocenters. The average molecular weight is 477 g/mol. The molecular weight excluding hydrogens is 448 g/mol. The third-order valence-corrected chi connectivity index (χ3v) is 7.99. The first-order valence-corrected chi connectivity index (χ1v) is 12.4. The van der Waals surface area contributed by atoms with Gasteiger partial charge in [-0.15, -0.1) is 0 Å². The Balaban J connectivity index is 1.31. The monoisotopic (exact) mass is 476 g/mol. The van der Waals surface area contributed by atoms with Crippen molar-refractivity contribution in [1.82, 2.24) is 9.21 Å². The molecule has 0 bridgehead atoms. The smallest absolute Gasteiger partial charge is 0.243 e. The van der Waals surface area contributed by atoms with Crippen LogP contribution in [0.15, 0.2) is 53.4 Å². The SMILES string of the molecule is COc1ccc(N2CCN(C(=S)Nc3ccc(S(=O)(=O)N4CCOCC4)cc3)CC2)cc1. The average Bonchev–Trinajstić information content (AvgIpc) is 2.85. The number of hydrogen-bond donors (Lipinski definition) is 1. The first kappa shape index (κ1) is 22.8. The number of ether oxygens (including phenoxy) is 2. The van der Waals surface area contributed by atoms with Gasteiger partial charge < -0.3 is 24.6 Å². The first-order chi connectivity index (χ1) is 15.5. The predicted molar refractivity (Wildman–Crippen MR) is 129 cm³/mol. The van der Waals surface area contributed by atoms with Gasteiger partial charge in [0.1, 0.15) is 5.75 Å². The van der Waals surface area contributed by atoms with E-state index in [9.17, 15) is 8.42 Å². The zero-order valence-electron chi connectivity index (χ0n) is 18.1. The van der Waals surface area contributed by atoms with E-state index in [0.29, 0.717) is 31.4 Å². The first-order valence-electron chi connectivity index (χ1n) is 10.6. The summed E-state index contributed by atoms with van der Waals surface area (Å²) in [5.74, 6) is 0.849. The van der Waals surface area contributed by atoms with Crippen molar-refractivity contribution in [2.45, 2.75) is 4.90 Å². The molecule has 10 heteroatoms. The highest BCUT2D eigenvalue weighted by Crippen LogP contribution is 2.22. The van der Waals surface area contributed by atoms with Crippen molar-refractivity contribution < 1.29 is 17.9 Å². The summed E-state index contributed by atoms with van der Waals surface area (Å²) in [5.41, 5.74) is 1.94. The maximum absolute atomic E-state index is 12.8. The van der Waals surface area contributed by atoms with E-state index in [2.05, 4.69) is 27.2 Å². The van der Waals surface area contributed by atoms with Crippen LogP contribution in [-0.2, 0) is 14.8 Å². The van der Waals surface area contributed by atoms with Gasteiger partial charge in [0.25, 0.3) is 0 Å². The number of nitrogens with one attached hydrogen (secondary N) is 1. The van der Waals surface area contributed by atoms with Crippen molar-refractivity contribution >= 4 is 38.7 Å². The molecular formula is C22H28N4O4S2. The summed E-state index contributed by atoms with van der Waals surface area (Å²) in [5, 5.41) is 3.88. The van der Waals surface area contributed by atoms with Crippen molar-refractivity contribution in [2.75, 3.05) is 69.8 Å².